The quantitative estimate of drug-likeness (QED) is 0.786. The molecule has 6 nitrogen and oxygen atoms in total. The summed E-state index contributed by atoms with van der Waals surface area (Å²) < 4.78 is 18.8. The summed E-state index contributed by atoms with van der Waals surface area (Å²) in [6, 6.07) is 3.88. The Morgan fingerprint density at radius 1 is 1.33 bits per heavy atom. The van der Waals surface area contributed by atoms with Gasteiger partial charge in [-0.05, 0) is 28.1 Å². The van der Waals surface area contributed by atoms with Crippen LogP contribution in [0.4, 0.5) is 0 Å². The summed E-state index contributed by atoms with van der Waals surface area (Å²) in [5.41, 5.74) is 2.58. The molecular weight excluding hydrogens is 376 g/mol. The number of fused-ring (bicyclic) bond motifs is 1. The van der Waals surface area contributed by atoms with Crippen molar-refractivity contribution in [2.24, 2.45) is 7.05 Å². The standard InChI is InChI=1S/C17H21BrN2O4/c1-19-13-9-12(18)15(22-2)8-11(13)16(17(21)23-3)14(19)10-20-4-6-24-7-5-20/h8-9H,4-7,10H2,1-3H3/p+1. The number of rotatable bonds is 4. The lowest BCUT2D eigenvalue weighted by molar-refractivity contribution is -0.921. The average molecular weight is 398 g/mol. The molecule has 1 aromatic heterocycles. The number of nitrogens with zero attached hydrogens (tertiary/aromatic N) is 1. The smallest absolute Gasteiger partial charge is 0.340 e. The van der Waals surface area contributed by atoms with Gasteiger partial charge >= 0.3 is 5.97 Å². The number of methoxy groups -OCH3 is 2. The molecule has 7 heteroatoms. The van der Waals surface area contributed by atoms with E-state index in [1.807, 2.05) is 19.2 Å². The predicted octanol–water partition coefficient (Wildman–Crippen LogP) is 1.15. The summed E-state index contributed by atoms with van der Waals surface area (Å²) in [7, 11) is 5.02. The molecule has 0 saturated carbocycles. The summed E-state index contributed by atoms with van der Waals surface area (Å²) in [5.74, 6) is 0.385. The Bertz CT molecular complexity index is 766. The van der Waals surface area contributed by atoms with Crippen LogP contribution in [0.25, 0.3) is 10.9 Å². The normalized spacial score (nSPS) is 15.7. The van der Waals surface area contributed by atoms with Crippen LogP contribution in [0.15, 0.2) is 16.6 Å². The molecule has 0 radical (unpaired) electrons. The minimum atomic E-state index is -0.312. The number of quaternary nitrogens is 1. The molecule has 0 amide bonds. The van der Waals surface area contributed by atoms with Crippen molar-refractivity contribution in [1.82, 2.24) is 4.57 Å². The fourth-order valence-electron chi connectivity index (χ4n) is 3.26. The Morgan fingerprint density at radius 2 is 2.04 bits per heavy atom. The van der Waals surface area contributed by atoms with Crippen molar-refractivity contribution in [2.45, 2.75) is 6.54 Å². The zero-order valence-electron chi connectivity index (χ0n) is 14.1. The van der Waals surface area contributed by atoms with Crippen LogP contribution < -0.4 is 9.64 Å². The topological polar surface area (TPSA) is 54.1 Å². The third-order valence-corrected chi connectivity index (χ3v) is 5.22. The van der Waals surface area contributed by atoms with E-state index >= 15 is 0 Å². The maximum Gasteiger partial charge on any atom is 0.340 e. The maximum atomic E-state index is 12.5. The number of nitrogens with one attached hydrogen (secondary N) is 1. The van der Waals surface area contributed by atoms with Crippen molar-refractivity contribution in [3.63, 3.8) is 0 Å². The Balaban J connectivity index is 2.14. The van der Waals surface area contributed by atoms with E-state index in [9.17, 15) is 4.79 Å². The van der Waals surface area contributed by atoms with Crippen LogP contribution in [0.5, 0.6) is 5.75 Å². The second-order valence-corrected chi connectivity index (χ2v) is 6.77. The summed E-state index contributed by atoms with van der Waals surface area (Å²) in [4.78, 5) is 13.9. The van der Waals surface area contributed by atoms with E-state index in [0.717, 1.165) is 53.9 Å². The number of aromatic nitrogens is 1. The molecule has 1 fully saturated rings. The molecule has 0 aliphatic carbocycles. The van der Waals surface area contributed by atoms with Gasteiger partial charge in [-0.25, -0.2) is 4.79 Å². The van der Waals surface area contributed by atoms with Crippen molar-refractivity contribution < 1.29 is 23.9 Å². The van der Waals surface area contributed by atoms with E-state index in [0.29, 0.717) is 11.3 Å². The SMILES string of the molecule is COC(=O)c1c(C[NH+]2CCOCC2)n(C)c2cc(Br)c(OC)cc12. The van der Waals surface area contributed by atoms with E-state index in [1.165, 1.54) is 12.0 Å². The lowest BCUT2D eigenvalue weighted by Gasteiger charge is -2.24. The highest BCUT2D eigenvalue weighted by molar-refractivity contribution is 9.10. The molecule has 1 N–H and O–H groups in total. The number of carbonyl (C=O) groups excluding carboxylic acids is 1. The van der Waals surface area contributed by atoms with Crippen LogP contribution >= 0.6 is 15.9 Å². The minimum Gasteiger partial charge on any atom is -0.496 e. The van der Waals surface area contributed by atoms with Crippen molar-refractivity contribution >= 4 is 32.8 Å². The summed E-state index contributed by atoms with van der Waals surface area (Å²) in [5, 5.41) is 0.854. The Hall–Kier alpha value is -1.57. The molecule has 1 aromatic carbocycles. The molecule has 3 rings (SSSR count). The second kappa shape index (κ2) is 7.13. The number of morpholine rings is 1. The molecule has 0 bridgehead atoms. The Labute approximate surface area is 149 Å². The van der Waals surface area contributed by atoms with Gasteiger partial charge in [-0.3, -0.25) is 0 Å². The fourth-order valence-corrected chi connectivity index (χ4v) is 3.75. The van der Waals surface area contributed by atoms with E-state index in [1.54, 1.807) is 7.11 Å². The number of ether oxygens (including phenoxy) is 3. The van der Waals surface area contributed by atoms with Gasteiger partial charge in [0.2, 0.25) is 0 Å². The lowest BCUT2D eigenvalue weighted by atomic mass is 10.1. The van der Waals surface area contributed by atoms with Crippen molar-refractivity contribution in [3.05, 3.63) is 27.9 Å². The Morgan fingerprint density at radius 3 is 2.67 bits per heavy atom. The Kier molecular flexibility index (Phi) is 5.12. The number of benzene rings is 1. The summed E-state index contributed by atoms with van der Waals surface area (Å²) >= 11 is 3.52. The molecule has 0 atom stereocenters. The number of aryl methyl sites for hydroxylation is 1. The van der Waals surface area contributed by atoms with E-state index in [4.69, 9.17) is 14.2 Å². The van der Waals surface area contributed by atoms with Gasteiger partial charge in [0.15, 0.2) is 0 Å². The van der Waals surface area contributed by atoms with E-state index in [-0.39, 0.29) is 5.97 Å². The third-order valence-electron chi connectivity index (χ3n) is 4.60. The minimum absolute atomic E-state index is 0.312. The highest BCUT2D eigenvalue weighted by Gasteiger charge is 2.27. The van der Waals surface area contributed by atoms with E-state index < -0.39 is 0 Å². The molecule has 24 heavy (non-hydrogen) atoms. The first-order chi connectivity index (χ1) is 11.6. The van der Waals surface area contributed by atoms with Gasteiger partial charge in [-0.15, -0.1) is 0 Å². The molecule has 0 spiro atoms. The number of hydrogen-bond donors (Lipinski definition) is 1. The number of carbonyl (C=O) groups is 1. The second-order valence-electron chi connectivity index (χ2n) is 5.92. The fraction of sp³-hybridized carbons (Fsp3) is 0.471. The summed E-state index contributed by atoms with van der Waals surface area (Å²) in [6.45, 7) is 4.15. The molecule has 130 valence electrons. The van der Waals surface area contributed by atoms with Crippen LogP contribution in [0.3, 0.4) is 0 Å². The van der Waals surface area contributed by atoms with Gasteiger partial charge in [-0.1, -0.05) is 0 Å². The monoisotopic (exact) mass is 397 g/mol. The lowest BCUT2D eigenvalue weighted by Crippen LogP contribution is -3.12. The highest BCUT2D eigenvalue weighted by Crippen LogP contribution is 2.34. The third kappa shape index (κ3) is 3.03. The molecule has 2 aromatic rings. The average Bonchev–Trinajstić information content (AvgIpc) is 2.86. The van der Waals surface area contributed by atoms with Crippen molar-refractivity contribution in [1.29, 1.82) is 0 Å². The van der Waals surface area contributed by atoms with Crippen molar-refractivity contribution in [3.8, 4) is 5.75 Å². The van der Waals surface area contributed by atoms with Crippen LogP contribution in [-0.4, -0.2) is 51.1 Å². The zero-order chi connectivity index (χ0) is 17.3. The molecular formula is C17H22BrN2O4+. The van der Waals surface area contributed by atoms with Gasteiger partial charge in [0, 0.05) is 12.4 Å². The zero-order valence-corrected chi connectivity index (χ0v) is 15.7. The van der Waals surface area contributed by atoms with Gasteiger partial charge in [0.25, 0.3) is 0 Å². The molecule has 1 saturated heterocycles. The molecule has 1 aliphatic heterocycles. The largest absolute Gasteiger partial charge is 0.496 e. The number of hydrogen-bond acceptors (Lipinski definition) is 4. The van der Waals surface area contributed by atoms with Gasteiger partial charge in [0.1, 0.15) is 25.4 Å². The van der Waals surface area contributed by atoms with Crippen molar-refractivity contribution in [2.75, 3.05) is 40.5 Å². The van der Waals surface area contributed by atoms with Crippen LogP contribution in [0, 0.1) is 0 Å². The number of esters is 1. The van der Waals surface area contributed by atoms with Crippen LogP contribution in [0.1, 0.15) is 16.1 Å². The van der Waals surface area contributed by atoms with E-state index in [2.05, 4.69) is 20.5 Å². The van der Waals surface area contributed by atoms with Gasteiger partial charge < -0.3 is 23.7 Å². The first-order valence-corrected chi connectivity index (χ1v) is 8.70. The van der Waals surface area contributed by atoms with Gasteiger partial charge in [0.05, 0.1) is 48.7 Å². The first kappa shape index (κ1) is 17.3. The number of halogens is 1. The van der Waals surface area contributed by atoms with Gasteiger partial charge in [-0.2, -0.15) is 0 Å². The first-order valence-electron chi connectivity index (χ1n) is 7.91. The van der Waals surface area contributed by atoms with Crippen LogP contribution in [-0.2, 0) is 23.1 Å². The maximum absolute atomic E-state index is 12.5. The molecule has 0 unspecified atom stereocenters. The summed E-state index contributed by atoms with van der Waals surface area (Å²) in [6.07, 6.45) is 0. The molecule has 1 aliphatic rings. The molecule has 2 heterocycles. The highest BCUT2D eigenvalue weighted by atomic mass is 79.9. The van der Waals surface area contributed by atoms with Crippen LogP contribution in [0.2, 0.25) is 0 Å². The predicted molar refractivity (Wildman–Crippen MR) is 93.7 cm³/mol.